The molecule has 1 unspecified atom stereocenters. The highest BCUT2D eigenvalue weighted by molar-refractivity contribution is 5.74. The SMILES string of the molecule is O=C(O)C1[C@@H]2CC/C=C\CC/C=C/CC[C@@H]12. The summed E-state index contributed by atoms with van der Waals surface area (Å²) in [6.45, 7) is 0. The zero-order chi connectivity index (χ0) is 11.4. The van der Waals surface area contributed by atoms with Gasteiger partial charge in [-0.15, -0.1) is 0 Å². The Balaban J connectivity index is 1.92. The first kappa shape index (κ1) is 11.4. The van der Waals surface area contributed by atoms with E-state index < -0.39 is 5.97 Å². The van der Waals surface area contributed by atoms with E-state index in [1.807, 2.05) is 0 Å². The minimum atomic E-state index is -0.585. The molecule has 1 saturated carbocycles. The number of carbonyl (C=O) groups is 1. The topological polar surface area (TPSA) is 37.3 Å². The molecule has 2 heteroatoms. The lowest BCUT2D eigenvalue weighted by atomic mass is 10.1. The third-order valence-electron chi connectivity index (χ3n) is 3.78. The van der Waals surface area contributed by atoms with Crippen molar-refractivity contribution in [2.75, 3.05) is 0 Å². The highest BCUT2D eigenvalue weighted by atomic mass is 16.4. The zero-order valence-electron chi connectivity index (χ0n) is 9.64. The molecule has 0 radical (unpaired) electrons. The van der Waals surface area contributed by atoms with Crippen LogP contribution in [0.15, 0.2) is 24.3 Å². The maximum atomic E-state index is 11.0. The summed E-state index contributed by atoms with van der Waals surface area (Å²) in [5.74, 6) is 0.241. The highest BCUT2D eigenvalue weighted by Gasteiger charge is 2.53. The van der Waals surface area contributed by atoms with Crippen molar-refractivity contribution in [3.8, 4) is 0 Å². The fraction of sp³-hybridized carbons (Fsp3) is 0.643. The van der Waals surface area contributed by atoms with Crippen molar-refractivity contribution in [3.05, 3.63) is 24.3 Å². The van der Waals surface area contributed by atoms with Crippen molar-refractivity contribution in [2.24, 2.45) is 17.8 Å². The van der Waals surface area contributed by atoms with Gasteiger partial charge in [-0.2, -0.15) is 0 Å². The molecule has 0 heterocycles. The Bertz CT molecular complexity index is 280. The van der Waals surface area contributed by atoms with Gasteiger partial charge in [0.25, 0.3) is 0 Å². The number of carboxylic acids is 1. The molecule has 88 valence electrons. The Labute approximate surface area is 97.0 Å². The summed E-state index contributed by atoms with van der Waals surface area (Å²) >= 11 is 0. The first-order valence-corrected chi connectivity index (χ1v) is 6.33. The molecule has 0 aliphatic heterocycles. The predicted octanol–water partition coefficient (Wildman–Crippen LogP) is 3.40. The molecule has 0 aromatic heterocycles. The van der Waals surface area contributed by atoms with Crippen LogP contribution < -0.4 is 0 Å². The summed E-state index contributed by atoms with van der Waals surface area (Å²) in [5.41, 5.74) is 0. The van der Waals surface area contributed by atoms with Crippen LogP contribution in [-0.4, -0.2) is 11.1 Å². The smallest absolute Gasteiger partial charge is 0.307 e. The molecule has 2 nitrogen and oxygen atoms in total. The lowest BCUT2D eigenvalue weighted by molar-refractivity contribution is -0.139. The molecule has 0 aromatic carbocycles. The van der Waals surface area contributed by atoms with Crippen LogP contribution in [0.25, 0.3) is 0 Å². The summed E-state index contributed by atoms with van der Waals surface area (Å²) in [7, 11) is 0. The normalized spacial score (nSPS) is 38.6. The fourth-order valence-corrected chi connectivity index (χ4v) is 2.84. The minimum Gasteiger partial charge on any atom is -0.481 e. The Kier molecular flexibility index (Phi) is 3.81. The summed E-state index contributed by atoms with van der Waals surface area (Å²) < 4.78 is 0. The Morgan fingerprint density at radius 1 is 0.875 bits per heavy atom. The summed E-state index contributed by atoms with van der Waals surface area (Å²) in [6, 6.07) is 0. The average molecular weight is 220 g/mol. The van der Waals surface area contributed by atoms with Gasteiger partial charge in [-0.3, -0.25) is 4.79 Å². The van der Waals surface area contributed by atoms with Crippen LogP contribution in [0.5, 0.6) is 0 Å². The number of carboxylic acid groups (broad SMARTS) is 1. The molecule has 1 fully saturated rings. The van der Waals surface area contributed by atoms with E-state index in [9.17, 15) is 4.79 Å². The van der Waals surface area contributed by atoms with E-state index in [1.54, 1.807) is 0 Å². The first-order valence-electron chi connectivity index (χ1n) is 6.33. The Morgan fingerprint density at radius 2 is 1.31 bits per heavy atom. The van der Waals surface area contributed by atoms with E-state index in [1.165, 1.54) is 0 Å². The van der Waals surface area contributed by atoms with Gasteiger partial charge in [0.2, 0.25) is 0 Å². The second-order valence-electron chi connectivity index (χ2n) is 4.87. The van der Waals surface area contributed by atoms with Crippen LogP contribution in [0.3, 0.4) is 0 Å². The highest BCUT2D eigenvalue weighted by Crippen LogP contribution is 2.52. The molecular formula is C14H20O2. The van der Waals surface area contributed by atoms with E-state index in [-0.39, 0.29) is 5.92 Å². The predicted molar refractivity (Wildman–Crippen MR) is 64.1 cm³/mol. The van der Waals surface area contributed by atoms with Crippen LogP contribution in [-0.2, 0) is 4.79 Å². The van der Waals surface area contributed by atoms with Crippen LogP contribution in [0.4, 0.5) is 0 Å². The van der Waals surface area contributed by atoms with Crippen LogP contribution in [0.2, 0.25) is 0 Å². The van der Waals surface area contributed by atoms with Gasteiger partial charge >= 0.3 is 5.97 Å². The van der Waals surface area contributed by atoms with Crippen molar-refractivity contribution in [1.29, 1.82) is 0 Å². The molecule has 0 amide bonds. The van der Waals surface area contributed by atoms with Gasteiger partial charge in [-0.05, 0) is 50.4 Å². The summed E-state index contributed by atoms with van der Waals surface area (Å²) in [4.78, 5) is 11.0. The molecule has 2 aliphatic rings. The third-order valence-corrected chi connectivity index (χ3v) is 3.78. The quantitative estimate of drug-likeness (QED) is 0.688. The number of hydrogen-bond acceptors (Lipinski definition) is 1. The third kappa shape index (κ3) is 2.75. The molecule has 16 heavy (non-hydrogen) atoms. The lowest BCUT2D eigenvalue weighted by Crippen LogP contribution is -2.00. The van der Waals surface area contributed by atoms with Crippen LogP contribution in [0.1, 0.15) is 38.5 Å². The summed E-state index contributed by atoms with van der Waals surface area (Å²) in [6.07, 6.45) is 15.3. The van der Waals surface area contributed by atoms with Gasteiger partial charge in [0.1, 0.15) is 0 Å². The summed E-state index contributed by atoms with van der Waals surface area (Å²) in [5, 5.41) is 9.08. The number of rotatable bonds is 1. The largest absolute Gasteiger partial charge is 0.481 e. The van der Waals surface area contributed by atoms with Gasteiger partial charge in [0, 0.05) is 0 Å². The van der Waals surface area contributed by atoms with Crippen LogP contribution >= 0.6 is 0 Å². The van der Waals surface area contributed by atoms with Crippen molar-refractivity contribution in [1.82, 2.24) is 0 Å². The van der Waals surface area contributed by atoms with Gasteiger partial charge in [0.05, 0.1) is 5.92 Å². The number of fused-ring (bicyclic) bond motifs is 1. The van der Waals surface area contributed by atoms with E-state index in [4.69, 9.17) is 5.11 Å². The molecule has 0 aromatic rings. The number of allylic oxidation sites excluding steroid dienone is 4. The van der Waals surface area contributed by atoms with Crippen LogP contribution in [0, 0.1) is 17.8 Å². The van der Waals surface area contributed by atoms with Gasteiger partial charge in [-0.25, -0.2) is 0 Å². The first-order chi connectivity index (χ1) is 7.80. The molecule has 2 aliphatic carbocycles. The monoisotopic (exact) mass is 220 g/mol. The van der Waals surface area contributed by atoms with Gasteiger partial charge in [-0.1, -0.05) is 24.3 Å². The zero-order valence-corrected chi connectivity index (χ0v) is 9.64. The van der Waals surface area contributed by atoms with Crippen molar-refractivity contribution >= 4 is 5.97 Å². The second-order valence-corrected chi connectivity index (χ2v) is 4.87. The molecule has 0 bridgehead atoms. The number of aliphatic carboxylic acids is 1. The van der Waals surface area contributed by atoms with Crippen molar-refractivity contribution < 1.29 is 9.90 Å². The van der Waals surface area contributed by atoms with E-state index >= 15 is 0 Å². The number of hydrogen-bond donors (Lipinski definition) is 1. The molecule has 2 rings (SSSR count). The second kappa shape index (κ2) is 5.33. The Morgan fingerprint density at radius 3 is 1.75 bits per heavy atom. The maximum Gasteiger partial charge on any atom is 0.307 e. The van der Waals surface area contributed by atoms with Gasteiger partial charge < -0.3 is 5.11 Å². The van der Waals surface area contributed by atoms with Crippen molar-refractivity contribution in [3.63, 3.8) is 0 Å². The van der Waals surface area contributed by atoms with Gasteiger partial charge in [0.15, 0.2) is 0 Å². The molecular weight excluding hydrogens is 200 g/mol. The molecule has 0 saturated heterocycles. The molecule has 1 N–H and O–H groups in total. The van der Waals surface area contributed by atoms with E-state index in [2.05, 4.69) is 24.3 Å². The molecule has 3 atom stereocenters. The minimum absolute atomic E-state index is 0.0532. The molecule has 0 spiro atoms. The fourth-order valence-electron chi connectivity index (χ4n) is 2.84. The van der Waals surface area contributed by atoms with E-state index in [0.717, 1.165) is 38.5 Å². The standard InChI is InChI=1S/C14H20O2/c15-14(16)13-11-9-7-5-3-1-2-4-6-8-10-12(11)13/h3-6,11-13H,1-2,7-10H2,(H,15,16)/b5-3-,6-4+/t11-,12-,13?/m1/s1. The van der Waals surface area contributed by atoms with Crippen molar-refractivity contribution in [2.45, 2.75) is 38.5 Å². The Hall–Kier alpha value is -1.05. The average Bonchev–Trinajstić information content (AvgIpc) is 2.91. The van der Waals surface area contributed by atoms with E-state index in [0.29, 0.717) is 11.8 Å². The maximum absolute atomic E-state index is 11.0. The lowest BCUT2D eigenvalue weighted by Gasteiger charge is -1.97.